The highest BCUT2D eigenvalue weighted by Gasteiger charge is 2.04. The topological polar surface area (TPSA) is 37.8 Å². The maximum atomic E-state index is 5.91. The zero-order chi connectivity index (χ0) is 12.3. The van der Waals surface area contributed by atoms with Gasteiger partial charge < -0.3 is 5.32 Å². The molecule has 17 heavy (non-hydrogen) atoms. The average molecular weight is 268 g/mol. The summed E-state index contributed by atoms with van der Waals surface area (Å²) in [5.74, 6) is 0.750. The first-order valence-corrected chi connectivity index (χ1v) is 5.88. The lowest BCUT2D eigenvalue weighted by Crippen LogP contribution is -2.03. The Balaban J connectivity index is 2.07. The van der Waals surface area contributed by atoms with E-state index in [-0.39, 0.29) is 0 Å². The number of nitrogens with zero attached hydrogens (tertiary/aromatic N) is 2. The molecule has 5 heteroatoms. The minimum atomic E-state index is 0.471. The maximum Gasteiger partial charge on any atom is 0.137 e. The molecular formula is C12H11Cl2N3. The van der Waals surface area contributed by atoms with Crippen LogP contribution in [0.1, 0.15) is 11.1 Å². The Morgan fingerprint density at radius 2 is 1.82 bits per heavy atom. The van der Waals surface area contributed by atoms with Gasteiger partial charge in [0.2, 0.25) is 0 Å². The summed E-state index contributed by atoms with van der Waals surface area (Å²) < 4.78 is 0. The molecular weight excluding hydrogens is 257 g/mol. The van der Waals surface area contributed by atoms with Gasteiger partial charge in [0.25, 0.3) is 0 Å². The van der Waals surface area contributed by atoms with E-state index in [1.807, 2.05) is 31.2 Å². The summed E-state index contributed by atoms with van der Waals surface area (Å²) in [6.45, 7) is 2.55. The van der Waals surface area contributed by atoms with Crippen LogP contribution in [0.4, 0.5) is 5.82 Å². The first kappa shape index (κ1) is 12.1. The van der Waals surface area contributed by atoms with E-state index in [0.717, 1.165) is 22.0 Å². The van der Waals surface area contributed by atoms with Crippen molar-refractivity contribution < 1.29 is 0 Å². The van der Waals surface area contributed by atoms with Crippen molar-refractivity contribution in [2.24, 2.45) is 0 Å². The van der Waals surface area contributed by atoms with Crippen LogP contribution in [0.3, 0.4) is 0 Å². The van der Waals surface area contributed by atoms with Gasteiger partial charge in [0.1, 0.15) is 17.3 Å². The Labute approximate surface area is 110 Å². The van der Waals surface area contributed by atoms with Crippen LogP contribution in [0.2, 0.25) is 10.2 Å². The SMILES string of the molecule is Cc1c(Cl)ncnc1NCc1ccc(Cl)cc1. The van der Waals surface area contributed by atoms with Crippen LogP contribution in [0, 0.1) is 6.92 Å². The number of nitrogens with one attached hydrogen (secondary N) is 1. The second-order valence-corrected chi connectivity index (χ2v) is 4.41. The number of hydrogen-bond acceptors (Lipinski definition) is 3. The zero-order valence-electron chi connectivity index (χ0n) is 9.24. The predicted molar refractivity (Wildman–Crippen MR) is 70.6 cm³/mol. The molecule has 0 radical (unpaired) electrons. The third kappa shape index (κ3) is 3.08. The van der Waals surface area contributed by atoms with Crippen LogP contribution in [-0.4, -0.2) is 9.97 Å². The minimum absolute atomic E-state index is 0.471. The molecule has 88 valence electrons. The Morgan fingerprint density at radius 3 is 2.53 bits per heavy atom. The molecule has 0 atom stereocenters. The minimum Gasteiger partial charge on any atom is -0.366 e. The number of hydrogen-bond donors (Lipinski definition) is 1. The molecule has 0 saturated carbocycles. The quantitative estimate of drug-likeness (QED) is 0.862. The van der Waals surface area contributed by atoms with Gasteiger partial charge in [0.05, 0.1) is 0 Å². The van der Waals surface area contributed by atoms with Crippen molar-refractivity contribution in [2.45, 2.75) is 13.5 Å². The van der Waals surface area contributed by atoms with Crippen molar-refractivity contribution in [2.75, 3.05) is 5.32 Å². The van der Waals surface area contributed by atoms with Gasteiger partial charge in [-0.05, 0) is 24.6 Å². The van der Waals surface area contributed by atoms with Crippen LogP contribution >= 0.6 is 23.2 Å². The largest absolute Gasteiger partial charge is 0.366 e. The average Bonchev–Trinajstić information content (AvgIpc) is 2.33. The smallest absolute Gasteiger partial charge is 0.137 e. The molecule has 1 N–H and O–H groups in total. The summed E-state index contributed by atoms with van der Waals surface area (Å²) in [6.07, 6.45) is 1.44. The van der Waals surface area contributed by atoms with Gasteiger partial charge in [-0.1, -0.05) is 35.3 Å². The summed E-state index contributed by atoms with van der Waals surface area (Å²) in [5.41, 5.74) is 1.98. The maximum absolute atomic E-state index is 5.91. The molecule has 2 aromatic rings. The normalized spacial score (nSPS) is 10.3. The summed E-state index contributed by atoms with van der Waals surface area (Å²) in [5, 5.41) is 4.41. The number of aromatic nitrogens is 2. The lowest BCUT2D eigenvalue weighted by molar-refractivity contribution is 1.06. The standard InChI is InChI=1S/C12H11Cl2N3/c1-8-11(14)16-7-17-12(8)15-6-9-2-4-10(13)5-3-9/h2-5,7H,6H2,1H3,(H,15,16,17). The molecule has 1 heterocycles. The Morgan fingerprint density at radius 1 is 1.12 bits per heavy atom. The number of halogens is 2. The fourth-order valence-electron chi connectivity index (χ4n) is 1.39. The molecule has 0 spiro atoms. The molecule has 0 fully saturated rings. The lowest BCUT2D eigenvalue weighted by Gasteiger charge is -2.08. The summed E-state index contributed by atoms with van der Waals surface area (Å²) >= 11 is 11.7. The first-order valence-electron chi connectivity index (χ1n) is 5.12. The van der Waals surface area contributed by atoms with Crippen LogP contribution in [0.5, 0.6) is 0 Å². The van der Waals surface area contributed by atoms with E-state index in [1.54, 1.807) is 0 Å². The van der Waals surface area contributed by atoms with Gasteiger partial charge in [0, 0.05) is 17.1 Å². The molecule has 0 saturated heterocycles. The highest BCUT2D eigenvalue weighted by atomic mass is 35.5. The van der Waals surface area contributed by atoms with E-state index in [4.69, 9.17) is 23.2 Å². The monoisotopic (exact) mass is 267 g/mol. The number of anilines is 1. The molecule has 0 amide bonds. The summed E-state index contributed by atoms with van der Waals surface area (Å²) in [4.78, 5) is 8.04. The third-order valence-electron chi connectivity index (χ3n) is 2.40. The van der Waals surface area contributed by atoms with Crippen molar-refractivity contribution in [3.05, 3.63) is 51.9 Å². The predicted octanol–water partition coefficient (Wildman–Crippen LogP) is 3.70. The van der Waals surface area contributed by atoms with Crippen molar-refractivity contribution in [1.29, 1.82) is 0 Å². The first-order chi connectivity index (χ1) is 8.16. The van der Waals surface area contributed by atoms with Gasteiger partial charge >= 0.3 is 0 Å². The Bertz CT molecular complexity index is 512. The highest BCUT2D eigenvalue weighted by Crippen LogP contribution is 2.18. The van der Waals surface area contributed by atoms with E-state index in [0.29, 0.717) is 11.7 Å². The fraction of sp³-hybridized carbons (Fsp3) is 0.167. The molecule has 0 unspecified atom stereocenters. The van der Waals surface area contributed by atoms with E-state index < -0.39 is 0 Å². The molecule has 1 aromatic heterocycles. The van der Waals surface area contributed by atoms with E-state index >= 15 is 0 Å². The zero-order valence-corrected chi connectivity index (χ0v) is 10.8. The Hall–Kier alpha value is -1.32. The van der Waals surface area contributed by atoms with E-state index in [9.17, 15) is 0 Å². The summed E-state index contributed by atoms with van der Waals surface area (Å²) in [7, 11) is 0. The van der Waals surface area contributed by atoms with Crippen LogP contribution in [0.25, 0.3) is 0 Å². The molecule has 0 aliphatic rings. The van der Waals surface area contributed by atoms with Gasteiger partial charge in [-0.25, -0.2) is 9.97 Å². The van der Waals surface area contributed by atoms with Crippen molar-refractivity contribution >= 4 is 29.0 Å². The fourth-order valence-corrected chi connectivity index (χ4v) is 1.65. The molecule has 3 nitrogen and oxygen atoms in total. The van der Waals surface area contributed by atoms with Crippen LogP contribution < -0.4 is 5.32 Å². The van der Waals surface area contributed by atoms with Gasteiger partial charge in [0.15, 0.2) is 0 Å². The molecule has 2 rings (SSSR count). The van der Waals surface area contributed by atoms with Crippen LogP contribution in [-0.2, 0) is 6.54 Å². The van der Waals surface area contributed by atoms with Crippen molar-refractivity contribution in [1.82, 2.24) is 9.97 Å². The van der Waals surface area contributed by atoms with Gasteiger partial charge in [-0.15, -0.1) is 0 Å². The third-order valence-corrected chi connectivity index (χ3v) is 3.03. The van der Waals surface area contributed by atoms with E-state index in [2.05, 4.69) is 15.3 Å². The lowest BCUT2D eigenvalue weighted by atomic mass is 10.2. The van der Waals surface area contributed by atoms with Gasteiger partial charge in [-0.3, -0.25) is 0 Å². The molecule has 0 bridgehead atoms. The number of rotatable bonds is 3. The Kier molecular flexibility index (Phi) is 3.82. The van der Waals surface area contributed by atoms with Crippen LogP contribution in [0.15, 0.2) is 30.6 Å². The van der Waals surface area contributed by atoms with Gasteiger partial charge in [-0.2, -0.15) is 0 Å². The second-order valence-electron chi connectivity index (χ2n) is 3.62. The molecule has 0 aliphatic heterocycles. The van der Waals surface area contributed by atoms with Crippen molar-refractivity contribution in [3.8, 4) is 0 Å². The van der Waals surface area contributed by atoms with E-state index in [1.165, 1.54) is 6.33 Å². The van der Waals surface area contributed by atoms with Crippen molar-refractivity contribution in [3.63, 3.8) is 0 Å². The summed E-state index contributed by atoms with van der Waals surface area (Å²) in [6, 6.07) is 7.65. The molecule has 1 aromatic carbocycles. The molecule has 0 aliphatic carbocycles. The number of benzene rings is 1. The highest BCUT2D eigenvalue weighted by molar-refractivity contribution is 6.30. The second kappa shape index (κ2) is 5.34.